The van der Waals surface area contributed by atoms with Crippen molar-refractivity contribution in [3.63, 3.8) is 0 Å². The number of hydrogen-bond donors (Lipinski definition) is 2. The highest BCUT2D eigenvalue weighted by Crippen LogP contribution is 2.15. The average molecular weight is 347 g/mol. The van der Waals surface area contributed by atoms with Crippen LogP contribution in [0, 0.1) is 11.3 Å². The smallest absolute Gasteiger partial charge is 0.328 e. The summed E-state index contributed by atoms with van der Waals surface area (Å²) in [6, 6.07) is 5.41. The number of carbonyl (C=O) groups excluding carboxylic acids is 1. The van der Waals surface area contributed by atoms with Gasteiger partial charge in [-0.05, 0) is 38.1 Å². The predicted molar refractivity (Wildman–Crippen MR) is 78.4 cm³/mol. The third-order valence-electron chi connectivity index (χ3n) is 2.62. The minimum absolute atomic E-state index is 0.122. The number of aliphatic hydroxyl groups excluding tert-OH is 1. The van der Waals surface area contributed by atoms with E-state index in [4.69, 9.17) is 21.6 Å². The van der Waals surface area contributed by atoms with E-state index >= 15 is 0 Å². The minimum Gasteiger partial charge on any atom is -0.446 e. The van der Waals surface area contributed by atoms with Crippen LogP contribution < -0.4 is 4.72 Å². The second kappa shape index (κ2) is 7.56. The summed E-state index contributed by atoms with van der Waals surface area (Å²) < 4.78 is 31.1. The van der Waals surface area contributed by atoms with Gasteiger partial charge in [-0.25, -0.2) is 8.42 Å². The Balaban J connectivity index is 2.97. The normalized spacial score (nSPS) is 15.4. The quantitative estimate of drug-likeness (QED) is 0.737. The Bertz CT molecular complexity index is 667. The SMILES string of the molecule is C[C@H](C#N)OC(=O)[C@@H](NS(=O)(=O)c1ccc(Cl)cc1)[C@@H](C)O. The molecule has 0 bridgehead atoms. The van der Waals surface area contributed by atoms with Gasteiger partial charge in [0.1, 0.15) is 12.1 Å². The molecule has 0 unspecified atom stereocenters. The zero-order valence-corrected chi connectivity index (χ0v) is 13.4. The zero-order chi connectivity index (χ0) is 16.9. The van der Waals surface area contributed by atoms with E-state index in [-0.39, 0.29) is 4.90 Å². The number of carbonyl (C=O) groups is 1. The summed E-state index contributed by atoms with van der Waals surface area (Å²) in [5, 5.41) is 18.5. The number of ether oxygens (including phenoxy) is 1. The summed E-state index contributed by atoms with van der Waals surface area (Å²) in [4.78, 5) is 11.7. The van der Waals surface area contributed by atoms with E-state index < -0.39 is 34.2 Å². The molecule has 3 atom stereocenters. The van der Waals surface area contributed by atoms with E-state index in [0.29, 0.717) is 5.02 Å². The van der Waals surface area contributed by atoms with Crippen LogP contribution in [-0.2, 0) is 19.6 Å². The summed E-state index contributed by atoms with van der Waals surface area (Å²) in [7, 11) is -4.06. The van der Waals surface area contributed by atoms with E-state index in [1.807, 2.05) is 0 Å². The maximum Gasteiger partial charge on any atom is 0.328 e. The molecule has 2 N–H and O–H groups in total. The van der Waals surface area contributed by atoms with Crippen LogP contribution in [0.25, 0.3) is 0 Å². The number of nitrogens with one attached hydrogen (secondary N) is 1. The van der Waals surface area contributed by atoms with Crippen LogP contribution in [0.3, 0.4) is 0 Å². The highest BCUT2D eigenvalue weighted by molar-refractivity contribution is 7.89. The summed E-state index contributed by atoms with van der Waals surface area (Å²) in [5.41, 5.74) is 0. The molecule has 9 heteroatoms. The molecule has 0 heterocycles. The van der Waals surface area contributed by atoms with Gasteiger partial charge >= 0.3 is 5.97 Å². The maximum absolute atomic E-state index is 12.2. The van der Waals surface area contributed by atoms with E-state index in [1.165, 1.54) is 38.1 Å². The Labute approximate surface area is 133 Å². The summed E-state index contributed by atoms with van der Waals surface area (Å²) in [6.45, 7) is 2.55. The van der Waals surface area contributed by atoms with Crippen molar-refractivity contribution < 1.29 is 23.1 Å². The molecule has 0 aliphatic heterocycles. The van der Waals surface area contributed by atoms with Gasteiger partial charge in [-0.2, -0.15) is 9.98 Å². The van der Waals surface area contributed by atoms with E-state index in [9.17, 15) is 18.3 Å². The first kappa shape index (κ1) is 18.4. The number of sulfonamides is 1. The van der Waals surface area contributed by atoms with E-state index in [2.05, 4.69) is 4.72 Å². The van der Waals surface area contributed by atoms with Gasteiger partial charge in [0.15, 0.2) is 6.10 Å². The highest BCUT2D eigenvalue weighted by Gasteiger charge is 2.31. The van der Waals surface area contributed by atoms with Gasteiger partial charge in [-0.3, -0.25) is 4.79 Å². The van der Waals surface area contributed by atoms with Gasteiger partial charge in [0, 0.05) is 5.02 Å². The van der Waals surface area contributed by atoms with Crippen LogP contribution in [0.4, 0.5) is 0 Å². The largest absolute Gasteiger partial charge is 0.446 e. The number of rotatable bonds is 6. The van der Waals surface area contributed by atoms with Crippen molar-refractivity contribution in [1.29, 1.82) is 5.26 Å². The molecule has 0 radical (unpaired) electrons. The van der Waals surface area contributed by atoms with Gasteiger partial charge in [-0.1, -0.05) is 11.6 Å². The standard InChI is InChI=1S/C13H15ClN2O5S/c1-8(7-15)21-13(18)12(9(2)17)16-22(19,20)11-5-3-10(14)4-6-11/h3-6,8-9,12,16-17H,1-2H3/t8-,9-,12+/m1/s1. The van der Waals surface area contributed by atoms with Crippen LogP contribution in [0.5, 0.6) is 0 Å². The van der Waals surface area contributed by atoms with Gasteiger partial charge in [-0.15, -0.1) is 0 Å². The number of hydrogen-bond acceptors (Lipinski definition) is 6. The van der Waals surface area contributed by atoms with Crippen LogP contribution >= 0.6 is 11.6 Å². The van der Waals surface area contributed by atoms with Crippen molar-refractivity contribution in [3.05, 3.63) is 29.3 Å². The topological polar surface area (TPSA) is 116 Å². The molecule has 0 saturated carbocycles. The first-order chi connectivity index (χ1) is 10.2. The van der Waals surface area contributed by atoms with Gasteiger partial charge in [0.2, 0.25) is 10.0 Å². The summed E-state index contributed by atoms with van der Waals surface area (Å²) >= 11 is 5.68. The van der Waals surface area contributed by atoms with Crippen molar-refractivity contribution >= 4 is 27.6 Å². The Kier molecular flexibility index (Phi) is 6.32. The Morgan fingerprint density at radius 1 is 1.36 bits per heavy atom. The fourth-order valence-electron chi connectivity index (χ4n) is 1.47. The second-order valence-corrected chi connectivity index (χ2v) is 6.65. The lowest BCUT2D eigenvalue weighted by molar-refractivity contribution is -0.150. The molecule has 0 aromatic heterocycles. The first-order valence-corrected chi connectivity index (χ1v) is 8.09. The molecular weight excluding hydrogens is 332 g/mol. The van der Waals surface area contributed by atoms with Crippen molar-refractivity contribution in [2.45, 2.75) is 37.0 Å². The molecule has 0 fully saturated rings. The van der Waals surface area contributed by atoms with Crippen LogP contribution in [0.1, 0.15) is 13.8 Å². The predicted octanol–water partition coefficient (Wildman–Crippen LogP) is 0.823. The van der Waals surface area contributed by atoms with E-state index in [0.717, 1.165) is 0 Å². The molecular formula is C13H15ClN2O5S. The minimum atomic E-state index is -4.06. The number of nitrogens with zero attached hydrogens (tertiary/aromatic N) is 1. The monoisotopic (exact) mass is 346 g/mol. The molecule has 120 valence electrons. The molecule has 0 saturated heterocycles. The number of esters is 1. The molecule has 22 heavy (non-hydrogen) atoms. The van der Waals surface area contributed by atoms with Gasteiger partial charge < -0.3 is 9.84 Å². The maximum atomic E-state index is 12.2. The van der Waals surface area contributed by atoms with E-state index in [1.54, 1.807) is 6.07 Å². The second-order valence-electron chi connectivity index (χ2n) is 4.50. The molecule has 1 aromatic carbocycles. The molecule has 1 aromatic rings. The fraction of sp³-hybridized carbons (Fsp3) is 0.385. The van der Waals surface area contributed by atoms with Crippen molar-refractivity contribution in [2.75, 3.05) is 0 Å². The lowest BCUT2D eigenvalue weighted by atomic mass is 10.2. The van der Waals surface area contributed by atoms with Crippen molar-refractivity contribution in [2.24, 2.45) is 0 Å². The van der Waals surface area contributed by atoms with Gasteiger partial charge in [0.25, 0.3) is 0 Å². The third-order valence-corrected chi connectivity index (χ3v) is 4.33. The average Bonchev–Trinajstić information content (AvgIpc) is 2.44. The Morgan fingerprint density at radius 3 is 2.36 bits per heavy atom. The number of halogens is 1. The van der Waals surface area contributed by atoms with Crippen LogP contribution in [0.15, 0.2) is 29.2 Å². The number of nitriles is 1. The lowest BCUT2D eigenvalue weighted by Gasteiger charge is -2.20. The summed E-state index contributed by atoms with van der Waals surface area (Å²) in [5.74, 6) is -1.04. The number of benzene rings is 1. The van der Waals surface area contributed by atoms with Crippen LogP contribution in [-0.4, -0.2) is 37.7 Å². The molecule has 0 aliphatic carbocycles. The van der Waals surface area contributed by atoms with Crippen LogP contribution in [0.2, 0.25) is 5.02 Å². The Hall–Kier alpha value is -1.66. The molecule has 1 rings (SSSR count). The first-order valence-electron chi connectivity index (χ1n) is 6.23. The highest BCUT2D eigenvalue weighted by atomic mass is 35.5. The van der Waals surface area contributed by atoms with Crippen molar-refractivity contribution in [3.8, 4) is 6.07 Å². The molecule has 0 aliphatic rings. The molecule has 0 amide bonds. The molecule has 7 nitrogen and oxygen atoms in total. The summed E-state index contributed by atoms with van der Waals surface area (Å²) in [6.07, 6.45) is -2.41. The molecule has 0 spiro atoms. The Morgan fingerprint density at radius 2 is 1.91 bits per heavy atom. The lowest BCUT2D eigenvalue weighted by Crippen LogP contribution is -2.49. The third kappa shape index (κ3) is 4.96. The fourth-order valence-corrected chi connectivity index (χ4v) is 2.85. The zero-order valence-electron chi connectivity index (χ0n) is 11.9. The van der Waals surface area contributed by atoms with Crippen molar-refractivity contribution in [1.82, 2.24) is 4.72 Å². The number of aliphatic hydroxyl groups is 1. The van der Waals surface area contributed by atoms with Gasteiger partial charge in [0.05, 0.1) is 11.0 Å².